The molecule has 1 amide bonds. The lowest BCUT2D eigenvalue weighted by molar-refractivity contribution is -0.274. The number of ether oxygens (including phenoxy) is 1. The Hall–Kier alpha value is -2.54. The smallest absolute Gasteiger partial charge is 0.406 e. The van der Waals surface area contributed by atoms with E-state index >= 15 is 0 Å². The minimum absolute atomic E-state index is 0.131. The Labute approximate surface area is 193 Å². The lowest BCUT2D eigenvalue weighted by atomic mass is 10.3. The molecule has 0 atom stereocenters. The van der Waals surface area contributed by atoms with Gasteiger partial charge >= 0.3 is 6.36 Å². The number of aromatic nitrogens is 3. The normalized spacial score (nSPS) is 12.0. The number of hydrogen-bond acceptors (Lipinski definition) is 6. The zero-order chi connectivity index (χ0) is 23.8. The monoisotopic (exact) mass is 528 g/mol. The van der Waals surface area contributed by atoms with E-state index in [9.17, 15) is 26.4 Å². The SMILES string of the molecule is Cc1c(C(=O)NS(=O)(=O)c2ccc(OC(F)(F)F)cc2)nnn1-c1cc(Cl)c(Cl)cc1Cl. The second-order valence-corrected chi connectivity index (χ2v) is 9.01. The van der Waals surface area contributed by atoms with Crippen molar-refractivity contribution in [1.29, 1.82) is 0 Å². The highest BCUT2D eigenvalue weighted by molar-refractivity contribution is 7.90. The van der Waals surface area contributed by atoms with Crippen LogP contribution >= 0.6 is 34.8 Å². The van der Waals surface area contributed by atoms with Gasteiger partial charge in [0.25, 0.3) is 15.9 Å². The van der Waals surface area contributed by atoms with E-state index in [1.807, 2.05) is 0 Å². The van der Waals surface area contributed by atoms with Crippen molar-refractivity contribution < 1.29 is 31.1 Å². The third kappa shape index (κ3) is 5.26. The number of rotatable bonds is 5. The number of amides is 1. The van der Waals surface area contributed by atoms with E-state index in [0.29, 0.717) is 0 Å². The second-order valence-electron chi connectivity index (χ2n) is 6.11. The van der Waals surface area contributed by atoms with Crippen molar-refractivity contribution in [2.24, 2.45) is 0 Å². The molecule has 0 unspecified atom stereocenters. The van der Waals surface area contributed by atoms with E-state index in [2.05, 4.69) is 15.0 Å². The average Bonchev–Trinajstić information content (AvgIpc) is 3.05. The summed E-state index contributed by atoms with van der Waals surface area (Å²) in [5, 5.41) is 7.96. The number of sulfonamides is 1. The summed E-state index contributed by atoms with van der Waals surface area (Å²) < 4.78 is 68.2. The number of nitrogens with zero attached hydrogens (tertiary/aromatic N) is 3. The van der Waals surface area contributed by atoms with Crippen LogP contribution in [0.25, 0.3) is 5.69 Å². The van der Waals surface area contributed by atoms with Crippen molar-refractivity contribution in [3.05, 3.63) is 62.9 Å². The molecule has 1 aromatic heterocycles. The molecule has 0 radical (unpaired) electrons. The topological polar surface area (TPSA) is 103 Å². The van der Waals surface area contributed by atoms with Crippen molar-refractivity contribution in [1.82, 2.24) is 19.7 Å². The maximum Gasteiger partial charge on any atom is 0.573 e. The molecule has 0 aliphatic rings. The summed E-state index contributed by atoms with van der Waals surface area (Å²) >= 11 is 18.0. The number of hydrogen-bond donors (Lipinski definition) is 1. The van der Waals surface area contributed by atoms with Gasteiger partial charge in [0.1, 0.15) is 5.75 Å². The zero-order valence-corrected chi connectivity index (χ0v) is 18.7. The van der Waals surface area contributed by atoms with E-state index in [4.69, 9.17) is 34.8 Å². The first-order valence-electron chi connectivity index (χ1n) is 8.28. The molecular formula is C17H10Cl3F3N4O4S. The molecule has 0 aliphatic carbocycles. The van der Waals surface area contributed by atoms with Crippen LogP contribution in [0.3, 0.4) is 0 Å². The van der Waals surface area contributed by atoms with Crippen LogP contribution in [0.15, 0.2) is 41.3 Å². The first-order chi connectivity index (χ1) is 14.8. The van der Waals surface area contributed by atoms with E-state index in [0.717, 1.165) is 28.9 Å². The van der Waals surface area contributed by atoms with Gasteiger partial charge in [0.15, 0.2) is 5.69 Å². The third-order valence-corrected chi connectivity index (χ3v) is 6.29. The standard InChI is InChI=1S/C17H10Cl3F3N4O4S/c1-8-15(24-26-27(8)14-7-12(19)11(18)6-13(14)20)16(28)25-32(29,30)10-4-2-9(3-5-10)31-17(21,22)23/h2-7H,1H3,(H,25,28). The van der Waals surface area contributed by atoms with Crippen LogP contribution in [-0.4, -0.2) is 35.7 Å². The molecular weight excluding hydrogens is 520 g/mol. The Morgan fingerprint density at radius 2 is 1.66 bits per heavy atom. The fourth-order valence-corrected chi connectivity index (χ4v) is 4.07. The number of benzene rings is 2. The Kier molecular flexibility index (Phi) is 6.61. The summed E-state index contributed by atoms with van der Waals surface area (Å²) in [7, 11) is -4.44. The molecule has 1 N–H and O–H groups in total. The summed E-state index contributed by atoms with van der Waals surface area (Å²) in [6.07, 6.45) is -4.94. The summed E-state index contributed by atoms with van der Waals surface area (Å²) in [6, 6.07) is 6.02. The quantitative estimate of drug-likeness (QED) is 0.486. The largest absolute Gasteiger partial charge is 0.573 e. The third-order valence-electron chi connectivity index (χ3n) is 3.92. The molecule has 32 heavy (non-hydrogen) atoms. The van der Waals surface area contributed by atoms with Crippen molar-refractivity contribution in [3.8, 4) is 11.4 Å². The van der Waals surface area contributed by atoms with Gasteiger partial charge in [-0.1, -0.05) is 40.0 Å². The number of carbonyl (C=O) groups is 1. The van der Waals surface area contributed by atoms with Crippen LogP contribution in [0.1, 0.15) is 16.2 Å². The van der Waals surface area contributed by atoms with Crippen LogP contribution in [0.5, 0.6) is 5.75 Å². The van der Waals surface area contributed by atoms with Gasteiger partial charge in [-0.2, -0.15) is 0 Å². The molecule has 3 aromatic rings. The van der Waals surface area contributed by atoms with Gasteiger partial charge in [-0.25, -0.2) is 17.8 Å². The predicted molar refractivity (Wildman–Crippen MR) is 109 cm³/mol. The van der Waals surface area contributed by atoms with Crippen molar-refractivity contribution in [2.45, 2.75) is 18.2 Å². The highest BCUT2D eigenvalue weighted by atomic mass is 35.5. The van der Waals surface area contributed by atoms with Crippen LogP contribution in [0.4, 0.5) is 13.2 Å². The molecule has 170 valence electrons. The zero-order valence-electron chi connectivity index (χ0n) is 15.6. The van der Waals surface area contributed by atoms with Gasteiger partial charge in [0, 0.05) is 0 Å². The minimum Gasteiger partial charge on any atom is -0.406 e. The number of nitrogens with one attached hydrogen (secondary N) is 1. The molecule has 3 rings (SSSR count). The van der Waals surface area contributed by atoms with Gasteiger partial charge in [0.2, 0.25) is 0 Å². The van der Waals surface area contributed by atoms with E-state index in [1.54, 1.807) is 4.72 Å². The Morgan fingerprint density at radius 1 is 1.06 bits per heavy atom. The fraction of sp³-hybridized carbons (Fsp3) is 0.118. The Bertz CT molecular complexity index is 1300. The Balaban J connectivity index is 1.84. The number of carbonyl (C=O) groups excluding carboxylic acids is 1. The molecule has 1 heterocycles. The second kappa shape index (κ2) is 8.77. The lowest BCUT2D eigenvalue weighted by Gasteiger charge is -2.10. The first kappa shape index (κ1) is 24.1. The van der Waals surface area contributed by atoms with E-state index in [1.165, 1.54) is 19.1 Å². The summed E-state index contributed by atoms with van der Waals surface area (Å²) in [5.41, 5.74) is 0.0351. The van der Waals surface area contributed by atoms with Crippen LogP contribution in [0, 0.1) is 6.92 Å². The number of halogens is 6. The van der Waals surface area contributed by atoms with Gasteiger partial charge in [-0.3, -0.25) is 4.79 Å². The molecule has 0 bridgehead atoms. The van der Waals surface area contributed by atoms with Crippen LogP contribution < -0.4 is 9.46 Å². The van der Waals surface area contributed by atoms with Crippen LogP contribution in [0.2, 0.25) is 15.1 Å². The summed E-state index contributed by atoms with van der Waals surface area (Å²) in [5.74, 6) is -1.75. The molecule has 0 aliphatic heterocycles. The van der Waals surface area contributed by atoms with Crippen molar-refractivity contribution in [2.75, 3.05) is 0 Å². The van der Waals surface area contributed by atoms with Gasteiger partial charge in [0.05, 0.1) is 31.3 Å². The maximum atomic E-state index is 12.5. The highest BCUT2D eigenvalue weighted by Gasteiger charge is 2.31. The number of alkyl halides is 3. The summed E-state index contributed by atoms with van der Waals surface area (Å²) in [4.78, 5) is 12.0. The molecule has 0 saturated carbocycles. The fourth-order valence-electron chi connectivity index (χ4n) is 2.49. The lowest BCUT2D eigenvalue weighted by Crippen LogP contribution is -2.31. The van der Waals surface area contributed by atoms with Gasteiger partial charge in [-0.05, 0) is 43.3 Å². The maximum absolute atomic E-state index is 12.5. The minimum atomic E-state index is -4.94. The Morgan fingerprint density at radius 3 is 2.25 bits per heavy atom. The van der Waals surface area contributed by atoms with Crippen LogP contribution in [-0.2, 0) is 10.0 Å². The molecule has 2 aromatic carbocycles. The van der Waals surface area contributed by atoms with Crippen molar-refractivity contribution in [3.63, 3.8) is 0 Å². The first-order valence-corrected chi connectivity index (χ1v) is 10.9. The summed E-state index contributed by atoms with van der Waals surface area (Å²) in [6.45, 7) is 1.43. The molecule has 15 heteroatoms. The molecule has 0 spiro atoms. The van der Waals surface area contributed by atoms with E-state index < -0.39 is 32.9 Å². The molecule has 8 nitrogen and oxygen atoms in total. The van der Waals surface area contributed by atoms with Crippen molar-refractivity contribution >= 4 is 50.7 Å². The van der Waals surface area contributed by atoms with E-state index in [-0.39, 0.29) is 32.1 Å². The predicted octanol–water partition coefficient (Wildman–Crippen LogP) is 4.55. The van der Waals surface area contributed by atoms with Gasteiger partial charge in [-0.15, -0.1) is 18.3 Å². The average molecular weight is 530 g/mol. The molecule has 0 fully saturated rings. The highest BCUT2D eigenvalue weighted by Crippen LogP contribution is 2.31. The molecule has 0 saturated heterocycles. The van der Waals surface area contributed by atoms with Gasteiger partial charge < -0.3 is 4.74 Å².